The molecule has 1 amide bonds. The number of benzene rings is 2. The van der Waals surface area contributed by atoms with Crippen LogP contribution >= 0.6 is 0 Å². The zero-order valence-corrected chi connectivity index (χ0v) is 15.7. The number of anilines is 1. The molecule has 1 N–H and O–H groups in total. The van der Waals surface area contributed by atoms with Crippen molar-refractivity contribution in [2.45, 2.75) is 26.7 Å². The number of rotatable bonds is 8. The fourth-order valence-corrected chi connectivity index (χ4v) is 2.56. The molecule has 0 bridgehead atoms. The van der Waals surface area contributed by atoms with Crippen LogP contribution in [-0.4, -0.2) is 31.4 Å². The highest BCUT2D eigenvalue weighted by molar-refractivity contribution is 6.02. The maximum absolute atomic E-state index is 12.4. The van der Waals surface area contributed by atoms with E-state index in [2.05, 4.69) is 5.32 Å². The number of aryl methyl sites for hydroxylation is 1. The lowest BCUT2D eigenvalue weighted by atomic mass is 10.0. The Kier molecular flexibility index (Phi) is 7.11. The first-order valence-corrected chi connectivity index (χ1v) is 8.69. The van der Waals surface area contributed by atoms with Gasteiger partial charge in [0.15, 0.2) is 5.78 Å². The van der Waals surface area contributed by atoms with E-state index in [9.17, 15) is 14.4 Å². The van der Waals surface area contributed by atoms with Crippen molar-refractivity contribution in [2.75, 3.05) is 19.0 Å². The molecule has 0 spiro atoms. The quantitative estimate of drug-likeness (QED) is 0.566. The van der Waals surface area contributed by atoms with Crippen LogP contribution in [-0.2, 0) is 9.53 Å². The van der Waals surface area contributed by atoms with Crippen molar-refractivity contribution in [1.29, 1.82) is 0 Å². The molecule has 0 aromatic heterocycles. The lowest BCUT2D eigenvalue weighted by Gasteiger charge is -2.09. The Morgan fingerprint density at radius 2 is 1.81 bits per heavy atom. The second kappa shape index (κ2) is 9.52. The number of carbonyl (C=O) groups excluding carboxylic acids is 3. The summed E-state index contributed by atoms with van der Waals surface area (Å²) >= 11 is 0. The third kappa shape index (κ3) is 5.67. The van der Waals surface area contributed by atoms with Gasteiger partial charge in [0.2, 0.25) is 5.91 Å². The minimum atomic E-state index is -0.449. The first-order chi connectivity index (χ1) is 12.9. The van der Waals surface area contributed by atoms with Crippen LogP contribution in [0.3, 0.4) is 0 Å². The van der Waals surface area contributed by atoms with Crippen LogP contribution in [0.4, 0.5) is 5.69 Å². The number of hydrogen-bond acceptors (Lipinski definition) is 5. The smallest absolute Gasteiger partial charge is 0.338 e. The van der Waals surface area contributed by atoms with E-state index in [1.807, 2.05) is 13.0 Å². The molecule has 0 radical (unpaired) electrons. The summed E-state index contributed by atoms with van der Waals surface area (Å²) in [4.78, 5) is 36.3. The second-order valence-corrected chi connectivity index (χ2v) is 5.98. The van der Waals surface area contributed by atoms with E-state index in [4.69, 9.17) is 9.47 Å². The number of amides is 1. The monoisotopic (exact) mass is 369 g/mol. The van der Waals surface area contributed by atoms with Crippen molar-refractivity contribution in [1.82, 2.24) is 0 Å². The topological polar surface area (TPSA) is 81.7 Å². The Hall–Kier alpha value is -3.15. The SMILES string of the molecule is CCOC(=O)c1cccc(NC(=O)CCC(=O)c2cc(C)ccc2OC)c1. The summed E-state index contributed by atoms with van der Waals surface area (Å²) in [5.41, 5.74) is 2.25. The molecule has 6 nitrogen and oxygen atoms in total. The molecule has 2 aromatic carbocycles. The van der Waals surface area contributed by atoms with Crippen LogP contribution < -0.4 is 10.1 Å². The molecule has 142 valence electrons. The maximum Gasteiger partial charge on any atom is 0.338 e. The summed E-state index contributed by atoms with van der Waals surface area (Å²) in [6, 6.07) is 11.8. The first-order valence-electron chi connectivity index (χ1n) is 8.69. The van der Waals surface area contributed by atoms with Crippen LogP contribution in [0.15, 0.2) is 42.5 Å². The molecule has 0 unspecified atom stereocenters. The summed E-state index contributed by atoms with van der Waals surface area (Å²) in [5.74, 6) is -0.426. The lowest BCUT2D eigenvalue weighted by Crippen LogP contribution is -2.14. The normalized spacial score (nSPS) is 10.2. The lowest BCUT2D eigenvalue weighted by molar-refractivity contribution is -0.116. The van der Waals surface area contributed by atoms with Gasteiger partial charge in [-0.15, -0.1) is 0 Å². The van der Waals surface area contributed by atoms with Gasteiger partial charge in [-0.3, -0.25) is 9.59 Å². The summed E-state index contributed by atoms with van der Waals surface area (Å²) in [5, 5.41) is 2.70. The van der Waals surface area contributed by atoms with Crippen LogP contribution in [0.2, 0.25) is 0 Å². The van der Waals surface area contributed by atoms with Gasteiger partial charge in [-0.2, -0.15) is 0 Å². The molecule has 2 rings (SSSR count). The Labute approximate surface area is 158 Å². The highest BCUT2D eigenvalue weighted by atomic mass is 16.5. The number of methoxy groups -OCH3 is 1. The number of esters is 1. The van der Waals surface area contributed by atoms with Crippen LogP contribution in [0.5, 0.6) is 5.75 Å². The fourth-order valence-electron chi connectivity index (χ4n) is 2.56. The molecule has 0 heterocycles. The number of carbonyl (C=O) groups is 3. The molecule has 0 saturated heterocycles. The number of Topliss-reactive ketones (excluding diaryl/α,β-unsaturated/α-hetero) is 1. The maximum atomic E-state index is 12.4. The van der Waals surface area contributed by atoms with Gasteiger partial charge in [0.1, 0.15) is 5.75 Å². The molecule has 6 heteroatoms. The van der Waals surface area contributed by atoms with E-state index in [1.54, 1.807) is 43.3 Å². The van der Waals surface area contributed by atoms with Gasteiger partial charge in [0.25, 0.3) is 0 Å². The number of ether oxygens (including phenoxy) is 2. The van der Waals surface area contributed by atoms with E-state index in [-0.39, 0.29) is 31.1 Å². The molecule has 27 heavy (non-hydrogen) atoms. The highest BCUT2D eigenvalue weighted by Gasteiger charge is 2.15. The van der Waals surface area contributed by atoms with E-state index in [0.29, 0.717) is 22.6 Å². The summed E-state index contributed by atoms with van der Waals surface area (Å²) in [7, 11) is 1.50. The van der Waals surface area contributed by atoms with E-state index >= 15 is 0 Å². The van der Waals surface area contributed by atoms with Gasteiger partial charge < -0.3 is 14.8 Å². The summed E-state index contributed by atoms with van der Waals surface area (Å²) in [6.45, 7) is 3.89. The molecule has 2 aromatic rings. The van der Waals surface area contributed by atoms with E-state index in [0.717, 1.165) is 5.56 Å². The average molecular weight is 369 g/mol. The molecular formula is C21H23NO5. The Morgan fingerprint density at radius 1 is 1.04 bits per heavy atom. The minimum Gasteiger partial charge on any atom is -0.496 e. The van der Waals surface area contributed by atoms with Gasteiger partial charge in [0.05, 0.1) is 24.8 Å². The fraction of sp³-hybridized carbons (Fsp3) is 0.286. The van der Waals surface area contributed by atoms with Crippen molar-refractivity contribution in [3.05, 3.63) is 59.2 Å². The third-order valence-corrected chi connectivity index (χ3v) is 3.89. The number of hydrogen-bond donors (Lipinski definition) is 1. The molecule has 0 aliphatic rings. The summed E-state index contributed by atoms with van der Waals surface area (Å²) in [6.07, 6.45) is 0.0861. The van der Waals surface area contributed by atoms with Crippen molar-refractivity contribution in [3.8, 4) is 5.75 Å². The predicted octanol–water partition coefficient (Wildman–Crippen LogP) is 3.78. The third-order valence-electron chi connectivity index (χ3n) is 3.89. The van der Waals surface area contributed by atoms with Gasteiger partial charge in [-0.25, -0.2) is 4.79 Å². The first kappa shape index (κ1) is 20.2. The van der Waals surface area contributed by atoms with Crippen LogP contribution in [0.25, 0.3) is 0 Å². The van der Waals surface area contributed by atoms with Crippen molar-refractivity contribution >= 4 is 23.3 Å². The second-order valence-electron chi connectivity index (χ2n) is 5.98. The van der Waals surface area contributed by atoms with Crippen molar-refractivity contribution in [3.63, 3.8) is 0 Å². The molecule has 0 aliphatic heterocycles. The molecule has 0 saturated carbocycles. The Bertz CT molecular complexity index is 844. The highest BCUT2D eigenvalue weighted by Crippen LogP contribution is 2.22. The van der Waals surface area contributed by atoms with Gasteiger partial charge in [0, 0.05) is 18.5 Å². The molecular weight excluding hydrogens is 346 g/mol. The van der Waals surface area contributed by atoms with E-state index < -0.39 is 5.97 Å². The van der Waals surface area contributed by atoms with Gasteiger partial charge in [-0.05, 0) is 44.2 Å². The largest absolute Gasteiger partial charge is 0.496 e. The molecule has 0 atom stereocenters. The van der Waals surface area contributed by atoms with Gasteiger partial charge >= 0.3 is 5.97 Å². The van der Waals surface area contributed by atoms with Crippen molar-refractivity contribution in [2.24, 2.45) is 0 Å². The zero-order chi connectivity index (χ0) is 19.8. The molecule has 0 fully saturated rings. The Balaban J connectivity index is 1.97. The molecule has 0 aliphatic carbocycles. The predicted molar refractivity (Wildman–Crippen MR) is 102 cm³/mol. The van der Waals surface area contributed by atoms with Crippen LogP contribution in [0, 0.1) is 6.92 Å². The number of nitrogens with one attached hydrogen (secondary N) is 1. The number of ketones is 1. The van der Waals surface area contributed by atoms with Gasteiger partial charge in [-0.1, -0.05) is 17.7 Å². The minimum absolute atomic E-state index is 0.0273. The Morgan fingerprint density at radius 3 is 2.52 bits per heavy atom. The van der Waals surface area contributed by atoms with E-state index in [1.165, 1.54) is 7.11 Å². The average Bonchev–Trinajstić information content (AvgIpc) is 2.66. The van der Waals surface area contributed by atoms with Crippen LogP contribution in [0.1, 0.15) is 46.0 Å². The standard InChI is InChI=1S/C21H23NO5/c1-4-27-21(25)15-6-5-7-16(13-15)22-20(24)11-9-18(23)17-12-14(2)8-10-19(17)26-3/h5-8,10,12-13H,4,9,11H2,1-3H3,(H,22,24). The summed E-state index contributed by atoms with van der Waals surface area (Å²) < 4.78 is 10.2. The van der Waals surface area contributed by atoms with Crippen molar-refractivity contribution < 1.29 is 23.9 Å². The zero-order valence-electron chi connectivity index (χ0n) is 15.7.